The van der Waals surface area contributed by atoms with Gasteiger partial charge in [0.15, 0.2) is 9.84 Å². The third-order valence-corrected chi connectivity index (χ3v) is 6.72. The number of hydrogen-bond donors (Lipinski definition) is 1. The van der Waals surface area contributed by atoms with E-state index in [-0.39, 0.29) is 23.7 Å². The van der Waals surface area contributed by atoms with Crippen LogP contribution in [0.5, 0.6) is 0 Å². The lowest BCUT2D eigenvalue weighted by atomic mass is 9.86. The van der Waals surface area contributed by atoms with Crippen LogP contribution in [0.2, 0.25) is 0 Å². The Balaban J connectivity index is 1.71. The zero-order valence-corrected chi connectivity index (χ0v) is 16.3. The van der Waals surface area contributed by atoms with Gasteiger partial charge in [-0.15, -0.1) is 5.73 Å². The Labute approximate surface area is 160 Å². The molecule has 2 aliphatic rings. The van der Waals surface area contributed by atoms with Crippen molar-refractivity contribution < 1.29 is 23.0 Å². The predicted octanol–water partition coefficient (Wildman–Crippen LogP) is 3.16. The first-order valence-electron chi connectivity index (χ1n) is 9.16. The van der Waals surface area contributed by atoms with E-state index in [0.29, 0.717) is 6.42 Å². The third kappa shape index (κ3) is 4.42. The van der Waals surface area contributed by atoms with Crippen LogP contribution in [0, 0.1) is 0 Å². The molecule has 27 heavy (non-hydrogen) atoms. The number of benzene rings is 1. The summed E-state index contributed by atoms with van der Waals surface area (Å²) >= 11 is 0. The van der Waals surface area contributed by atoms with Crippen molar-refractivity contribution in [2.24, 2.45) is 0 Å². The van der Waals surface area contributed by atoms with Crippen molar-refractivity contribution in [2.75, 3.05) is 6.61 Å². The molecule has 2 aliphatic heterocycles. The number of ether oxygens (including phenoxy) is 2. The first-order valence-corrected chi connectivity index (χ1v) is 10.7. The summed E-state index contributed by atoms with van der Waals surface area (Å²) < 4.78 is 37.1. The average Bonchev–Trinajstić information content (AvgIpc) is 3.05. The molecule has 0 radical (unpaired) electrons. The SMILES string of the molecule is C=C=C(C)C[C@H]1CC[C@@H]2O[C@@H](/C=C/S(=O)(=O)c3ccccc3)C[C@]2(CO)O1. The van der Waals surface area contributed by atoms with E-state index in [4.69, 9.17) is 9.47 Å². The van der Waals surface area contributed by atoms with Crippen LogP contribution in [-0.4, -0.2) is 44.0 Å². The van der Waals surface area contributed by atoms with Crippen LogP contribution in [0.15, 0.2) is 64.6 Å². The van der Waals surface area contributed by atoms with Gasteiger partial charge in [0.25, 0.3) is 0 Å². The van der Waals surface area contributed by atoms with Gasteiger partial charge < -0.3 is 14.6 Å². The van der Waals surface area contributed by atoms with Crippen LogP contribution >= 0.6 is 0 Å². The van der Waals surface area contributed by atoms with Crippen LogP contribution in [0.3, 0.4) is 0 Å². The summed E-state index contributed by atoms with van der Waals surface area (Å²) in [6.45, 7) is 5.46. The maximum Gasteiger partial charge on any atom is 0.199 e. The van der Waals surface area contributed by atoms with Gasteiger partial charge in [-0.2, -0.15) is 0 Å². The van der Waals surface area contributed by atoms with Gasteiger partial charge in [0, 0.05) is 18.2 Å². The molecule has 2 fully saturated rings. The first-order chi connectivity index (χ1) is 12.9. The lowest BCUT2D eigenvalue weighted by Gasteiger charge is -2.40. The minimum absolute atomic E-state index is 0.0120. The molecule has 1 aromatic rings. The molecule has 0 aromatic heterocycles. The zero-order chi connectivity index (χ0) is 19.5. The Morgan fingerprint density at radius 1 is 1.37 bits per heavy atom. The second kappa shape index (κ2) is 8.13. The van der Waals surface area contributed by atoms with E-state index in [0.717, 1.165) is 24.8 Å². The summed E-state index contributed by atoms with van der Waals surface area (Å²) in [4.78, 5) is 0.247. The van der Waals surface area contributed by atoms with Gasteiger partial charge in [-0.3, -0.25) is 0 Å². The van der Waals surface area contributed by atoms with E-state index < -0.39 is 21.5 Å². The maximum atomic E-state index is 12.4. The molecule has 0 bridgehead atoms. The lowest BCUT2D eigenvalue weighted by Crippen LogP contribution is -2.51. The van der Waals surface area contributed by atoms with Gasteiger partial charge in [-0.25, -0.2) is 8.42 Å². The lowest BCUT2D eigenvalue weighted by molar-refractivity contribution is -0.181. The maximum absolute atomic E-state index is 12.4. The quantitative estimate of drug-likeness (QED) is 0.756. The Kier molecular flexibility index (Phi) is 6.04. The molecule has 2 heterocycles. The van der Waals surface area contributed by atoms with Crippen molar-refractivity contribution in [3.05, 3.63) is 59.7 Å². The number of hydrogen-bond acceptors (Lipinski definition) is 5. The topological polar surface area (TPSA) is 72.8 Å². The molecule has 6 heteroatoms. The van der Waals surface area contributed by atoms with Crippen LogP contribution in [0.1, 0.15) is 32.6 Å². The molecule has 2 saturated heterocycles. The average molecular weight is 391 g/mol. The largest absolute Gasteiger partial charge is 0.393 e. The van der Waals surface area contributed by atoms with E-state index in [1.165, 1.54) is 5.41 Å². The number of aliphatic hydroxyl groups excluding tert-OH is 1. The van der Waals surface area contributed by atoms with Crippen molar-refractivity contribution in [1.82, 2.24) is 0 Å². The molecule has 0 aliphatic carbocycles. The molecular formula is C21H26O5S. The normalized spacial score (nSPS) is 30.8. The van der Waals surface area contributed by atoms with Crippen LogP contribution in [-0.2, 0) is 19.3 Å². The highest BCUT2D eigenvalue weighted by Gasteiger charge is 2.52. The van der Waals surface area contributed by atoms with Gasteiger partial charge in [0.05, 0.1) is 29.8 Å². The number of sulfone groups is 1. The van der Waals surface area contributed by atoms with Crippen molar-refractivity contribution in [1.29, 1.82) is 0 Å². The van der Waals surface area contributed by atoms with Gasteiger partial charge in [-0.1, -0.05) is 24.8 Å². The summed E-state index contributed by atoms with van der Waals surface area (Å²) in [5.74, 6) is 0. The van der Waals surface area contributed by atoms with Gasteiger partial charge in [-0.05, 0) is 43.5 Å². The Morgan fingerprint density at radius 2 is 2.11 bits per heavy atom. The fourth-order valence-electron chi connectivity index (χ4n) is 3.79. The van der Waals surface area contributed by atoms with E-state index in [1.54, 1.807) is 36.4 Å². The Bertz CT molecular complexity index is 839. The molecule has 0 unspecified atom stereocenters. The molecule has 3 rings (SSSR count). The van der Waals surface area contributed by atoms with Crippen molar-refractivity contribution in [2.45, 2.75) is 61.4 Å². The highest BCUT2D eigenvalue weighted by atomic mass is 32.2. The Hall–Kier alpha value is -1.69. The van der Waals surface area contributed by atoms with Gasteiger partial charge in [0.2, 0.25) is 0 Å². The number of rotatable bonds is 6. The van der Waals surface area contributed by atoms with Gasteiger partial charge >= 0.3 is 0 Å². The predicted molar refractivity (Wildman–Crippen MR) is 103 cm³/mol. The molecule has 0 spiro atoms. The third-order valence-electron chi connectivity index (χ3n) is 5.27. The Morgan fingerprint density at radius 3 is 2.78 bits per heavy atom. The monoisotopic (exact) mass is 390 g/mol. The second-order valence-electron chi connectivity index (χ2n) is 7.26. The highest BCUT2D eigenvalue weighted by Crippen LogP contribution is 2.42. The smallest absolute Gasteiger partial charge is 0.199 e. The van der Waals surface area contributed by atoms with E-state index in [9.17, 15) is 13.5 Å². The van der Waals surface area contributed by atoms with Crippen LogP contribution < -0.4 is 0 Å². The number of aliphatic hydroxyl groups is 1. The molecule has 5 nitrogen and oxygen atoms in total. The summed E-state index contributed by atoms with van der Waals surface area (Å²) in [7, 11) is -3.52. The van der Waals surface area contributed by atoms with Gasteiger partial charge in [0.1, 0.15) is 5.60 Å². The van der Waals surface area contributed by atoms with Crippen molar-refractivity contribution in [3.63, 3.8) is 0 Å². The summed E-state index contributed by atoms with van der Waals surface area (Å²) in [5, 5.41) is 11.2. The summed E-state index contributed by atoms with van der Waals surface area (Å²) in [6.07, 6.45) is 3.66. The zero-order valence-electron chi connectivity index (χ0n) is 15.5. The van der Waals surface area contributed by atoms with Crippen LogP contribution in [0.25, 0.3) is 0 Å². The molecule has 0 saturated carbocycles. The minimum Gasteiger partial charge on any atom is -0.393 e. The first kappa shape index (κ1) is 20.1. The molecule has 146 valence electrons. The fraction of sp³-hybridized carbons (Fsp3) is 0.476. The fourth-order valence-corrected chi connectivity index (χ4v) is 4.87. The minimum atomic E-state index is -3.52. The molecule has 0 amide bonds. The van der Waals surface area contributed by atoms with Crippen LogP contribution in [0.4, 0.5) is 0 Å². The highest BCUT2D eigenvalue weighted by molar-refractivity contribution is 7.94. The molecule has 1 aromatic carbocycles. The molecule has 4 atom stereocenters. The molecular weight excluding hydrogens is 364 g/mol. The molecule has 1 N–H and O–H groups in total. The summed E-state index contributed by atoms with van der Waals surface area (Å²) in [5.41, 5.74) is 3.12. The van der Waals surface area contributed by atoms with Crippen molar-refractivity contribution in [3.8, 4) is 0 Å². The van der Waals surface area contributed by atoms with E-state index in [1.807, 2.05) is 6.92 Å². The number of fused-ring (bicyclic) bond motifs is 1. The second-order valence-corrected chi connectivity index (χ2v) is 9.09. The van der Waals surface area contributed by atoms with E-state index in [2.05, 4.69) is 12.3 Å². The van der Waals surface area contributed by atoms with Crippen molar-refractivity contribution >= 4 is 9.84 Å². The summed E-state index contributed by atoms with van der Waals surface area (Å²) in [6, 6.07) is 8.28. The van der Waals surface area contributed by atoms with E-state index >= 15 is 0 Å². The standard InChI is InChI=1S/C21H26O5S/c1-3-16(2)13-17-9-10-20-21(15-22,26-17)14-18(25-20)11-12-27(23,24)19-7-5-4-6-8-19/h4-8,11-12,17-18,20,22H,1,9-10,13-15H2,2H3/b12-11+/t17-,18+,20+,21-/m1/s1.